The molecule has 1 atom stereocenters. The number of carbonyl (C=O) groups is 2. The number of amides is 2. The fourth-order valence-electron chi connectivity index (χ4n) is 3.54. The second-order valence-corrected chi connectivity index (χ2v) is 7.46. The van der Waals surface area contributed by atoms with Crippen molar-refractivity contribution in [1.82, 2.24) is 15.0 Å². The van der Waals surface area contributed by atoms with Gasteiger partial charge in [0.2, 0.25) is 11.7 Å². The quantitative estimate of drug-likeness (QED) is 0.603. The van der Waals surface area contributed by atoms with E-state index >= 15 is 0 Å². The fraction of sp³-hybridized carbons (Fsp3) is 0.273. The molecule has 2 amide bonds. The highest BCUT2D eigenvalue weighted by Crippen LogP contribution is 2.30. The van der Waals surface area contributed by atoms with Gasteiger partial charge < -0.3 is 19.9 Å². The van der Waals surface area contributed by atoms with Gasteiger partial charge in [-0.2, -0.15) is 18.2 Å². The van der Waals surface area contributed by atoms with Crippen LogP contribution in [0.3, 0.4) is 0 Å². The van der Waals surface area contributed by atoms with E-state index in [1.807, 2.05) is 0 Å². The van der Waals surface area contributed by atoms with Crippen molar-refractivity contribution in [3.8, 4) is 17.2 Å². The molecule has 2 aromatic carbocycles. The summed E-state index contributed by atoms with van der Waals surface area (Å²) in [6.45, 7) is 0.428. The molecule has 0 spiro atoms. The molecule has 0 unspecified atom stereocenters. The van der Waals surface area contributed by atoms with Gasteiger partial charge in [0.1, 0.15) is 11.8 Å². The average Bonchev–Trinajstić information content (AvgIpc) is 3.47. The minimum Gasteiger partial charge on any atom is -0.485 e. The summed E-state index contributed by atoms with van der Waals surface area (Å²) < 4.78 is 48.7. The summed E-state index contributed by atoms with van der Waals surface area (Å²) in [5, 5.41) is 3.76. The highest BCUT2D eigenvalue weighted by molar-refractivity contribution is 5.97. The van der Waals surface area contributed by atoms with Crippen LogP contribution in [0, 0.1) is 0 Å². The standard InChI is InChI=1S/C22H19F3N4O4/c23-22(24,25)15-7-3-13(4-8-15)20-27-18(28-33-20)12-32-16-9-5-14(6-10-16)21(31)29-11-1-2-17(29)19(26)30/h3-10,17H,1-2,11-12H2,(H2,26,30)/t17-/m1/s1. The van der Waals surface area contributed by atoms with Crippen LogP contribution in [-0.2, 0) is 17.6 Å². The number of aromatic nitrogens is 2. The van der Waals surface area contributed by atoms with Crippen molar-refractivity contribution in [2.24, 2.45) is 5.73 Å². The molecule has 0 saturated carbocycles. The first kappa shape index (κ1) is 22.3. The van der Waals surface area contributed by atoms with Crippen LogP contribution in [0.4, 0.5) is 13.2 Å². The molecule has 1 aliphatic heterocycles. The molecular formula is C22H19F3N4O4. The van der Waals surface area contributed by atoms with Crippen LogP contribution in [0.5, 0.6) is 5.75 Å². The first-order valence-electron chi connectivity index (χ1n) is 10.1. The van der Waals surface area contributed by atoms with Gasteiger partial charge in [-0.05, 0) is 61.4 Å². The van der Waals surface area contributed by atoms with Crippen molar-refractivity contribution in [1.29, 1.82) is 0 Å². The molecule has 1 aromatic heterocycles. The molecule has 0 bridgehead atoms. The number of ether oxygens (including phenoxy) is 1. The number of hydrogen-bond acceptors (Lipinski definition) is 6. The van der Waals surface area contributed by atoms with Crippen LogP contribution in [0.25, 0.3) is 11.5 Å². The molecule has 33 heavy (non-hydrogen) atoms. The average molecular weight is 460 g/mol. The monoisotopic (exact) mass is 460 g/mol. The van der Waals surface area contributed by atoms with Crippen molar-refractivity contribution >= 4 is 11.8 Å². The SMILES string of the molecule is NC(=O)[C@H]1CCCN1C(=O)c1ccc(OCc2noc(-c3ccc(C(F)(F)F)cc3)n2)cc1. The molecule has 2 heterocycles. The Bertz CT molecular complexity index is 1140. The summed E-state index contributed by atoms with van der Waals surface area (Å²) in [5.74, 6) is -0.0802. The lowest BCUT2D eigenvalue weighted by molar-refractivity contribution is -0.137. The Morgan fingerprint density at radius 3 is 2.45 bits per heavy atom. The van der Waals surface area contributed by atoms with Crippen LogP contribution in [0.1, 0.15) is 34.6 Å². The normalized spacial score (nSPS) is 16.1. The first-order valence-corrected chi connectivity index (χ1v) is 10.1. The molecule has 11 heteroatoms. The molecule has 1 saturated heterocycles. The smallest absolute Gasteiger partial charge is 0.416 e. The Labute approximate surface area is 186 Å². The van der Waals surface area contributed by atoms with Crippen molar-refractivity contribution < 1.29 is 32.0 Å². The van der Waals surface area contributed by atoms with Crippen LogP contribution < -0.4 is 10.5 Å². The Balaban J connectivity index is 1.36. The minimum absolute atomic E-state index is 0.0483. The lowest BCUT2D eigenvalue weighted by atomic mass is 10.1. The van der Waals surface area contributed by atoms with E-state index in [9.17, 15) is 22.8 Å². The number of hydrogen-bond donors (Lipinski definition) is 1. The summed E-state index contributed by atoms with van der Waals surface area (Å²) in [7, 11) is 0. The molecule has 172 valence electrons. The third kappa shape index (κ3) is 4.97. The van der Waals surface area contributed by atoms with E-state index in [-0.39, 0.29) is 24.2 Å². The number of benzene rings is 2. The minimum atomic E-state index is -4.43. The third-order valence-electron chi connectivity index (χ3n) is 5.24. The number of likely N-dealkylation sites (tertiary alicyclic amines) is 1. The largest absolute Gasteiger partial charge is 0.485 e. The molecular weight excluding hydrogens is 441 g/mol. The molecule has 4 rings (SSSR count). The zero-order valence-electron chi connectivity index (χ0n) is 17.2. The van der Waals surface area contributed by atoms with E-state index in [0.717, 1.165) is 18.6 Å². The van der Waals surface area contributed by atoms with Gasteiger partial charge >= 0.3 is 6.18 Å². The van der Waals surface area contributed by atoms with Crippen LogP contribution in [0.2, 0.25) is 0 Å². The first-order chi connectivity index (χ1) is 15.7. The Morgan fingerprint density at radius 1 is 1.12 bits per heavy atom. The lowest BCUT2D eigenvalue weighted by Crippen LogP contribution is -2.43. The number of alkyl halides is 3. The lowest BCUT2D eigenvalue weighted by Gasteiger charge is -2.22. The van der Waals surface area contributed by atoms with Gasteiger partial charge in [0.05, 0.1) is 5.56 Å². The van der Waals surface area contributed by atoms with Gasteiger partial charge in [-0.15, -0.1) is 0 Å². The molecule has 1 fully saturated rings. The molecule has 3 aromatic rings. The zero-order chi connectivity index (χ0) is 23.6. The fourth-order valence-corrected chi connectivity index (χ4v) is 3.54. The Kier molecular flexibility index (Phi) is 6.03. The maximum absolute atomic E-state index is 12.7. The predicted molar refractivity (Wildman–Crippen MR) is 109 cm³/mol. The van der Waals surface area contributed by atoms with Crippen molar-refractivity contribution in [2.75, 3.05) is 6.54 Å². The summed E-state index contributed by atoms with van der Waals surface area (Å²) >= 11 is 0. The van der Waals surface area contributed by atoms with E-state index in [0.29, 0.717) is 29.8 Å². The van der Waals surface area contributed by atoms with Gasteiger partial charge in [0, 0.05) is 17.7 Å². The van der Waals surface area contributed by atoms with Gasteiger partial charge in [0.25, 0.3) is 11.8 Å². The maximum Gasteiger partial charge on any atom is 0.416 e. The summed E-state index contributed by atoms with van der Waals surface area (Å²) in [4.78, 5) is 29.8. The molecule has 0 radical (unpaired) electrons. The molecule has 1 aliphatic rings. The van der Waals surface area contributed by atoms with Gasteiger partial charge in [0.15, 0.2) is 6.61 Å². The third-order valence-corrected chi connectivity index (χ3v) is 5.24. The number of nitrogens with two attached hydrogens (primary N) is 1. The maximum atomic E-state index is 12.7. The molecule has 8 nitrogen and oxygen atoms in total. The summed E-state index contributed by atoms with van der Waals surface area (Å²) in [5.41, 5.74) is 5.35. The van der Waals surface area contributed by atoms with E-state index in [2.05, 4.69) is 10.1 Å². The summed E-state index contributed by atoms with van der Waals surface area (Å²) in [6.07, 6.45) is -3.15. The van der Waals surface area contributed by atoms with Crippen molar-refractivity contribution in [3.05, 3.63) is 65.5 Å². The second-order valence-electron chi connectivity index (χ2n) is 7.46. The highest BCUT2D eigenvalue weighted by Gasteiger charge is 2.33. The van der Waals surface area contributed by atoms with Crippen LogP contribution in [0.15, 0.2) is 53.1 Å². The van der Waals surface area contributed by atoms with Crippen molar-refractivity contribution in [3.63, 3.8) is 0 Å². The van der Waals surface area contributed by atoms with Crippen molar-refractivity contribution in [2.45, 2.75) is 31.7 Å². The van der Waals surface area contributed by atoms with Crippen LogP contribution in [-0.4, -0.2) is 39.4 Å². The van der Waals surface area contributed by atoms with E-state index < -0.39 is 23.7 Å². The zero-order valence-corrected chi connectivity index (χ0v) is 17.2. The second kappa shape index (κ2) is 8.93. The predicted octanol–water partition coefficient (Wildman–Crippen LogP) is 3.42. The number of primary amides is 1. The van der Waals surface area contributed by atoms with Gasteiger partial charge in [-0.3, -0.25) is 9.59 Å². The van der Waals surface area contributed by atoms with Crippen LogP contribution >= 0.6 is 0 Å². The molecule has 2 N–H and O–H groups in total. The number of nitrogens with zero attached hydrogens (tertiary/aromatic N) is 3. The topological polar surface area (TPSA) is 112 Å². The van der Waals surface area contributed by atoms with E-state index in [4.69, 9.17) is 15.0 Å². The highest BCUT2D eigenvalue weighted by atomic mass is 19.4. The number of rotatable bonds is 6. The number of carbonyl (C=O) groups excluding carboxylic acids is 2. The molecule has 0 aliphatic carbocycles. The van der Waals surface area contributed by atoms with E-state index in [1.54, 1.807) is 24.3 Å². The Hall–Kier alpha value is -3.89. The Morgan fingerprint density at radius 2 is 1.82 bits per heavy atom. The summed E-state index contributed by atoms with van der Waals surface area (Å²) in [6, 6.07) is 10.1. The van der Waals surface area contributed by atoms with Gasteiger partial charge in [-0.25, -0.2) is 0 Å². The van der Waals surface area contributed by atoms with E-state index in [1.165, 1.54) is 17.0 Å². The van der Waals surface area contributed by atoms with Gasteiger partial charge in [-0.1, -0.05) is 5.16 Å². The number of halogens is 3.